The van der Waals surface area contributed by atoms with Crippen LogP contribution in [0.3, 0.4) is 0 Å². The van der Waals surface area contributed by atoms with Crippen molar-refractivity contribution in [3.8, 4) is 0 Å². The molecule has 0 heterocycles. The number of ether oxygens (including phenoxy) is 2. The first kappa shape index (κ1) is 30.4. The molecule has 0 bridgehead atoms. The predicted octanol–water partition coefficient (Wildman–Crippen LogP) is 9.42. The Morgan fingerprint density at radius 3 is 1.19 bits per heavy atom. The maximum absolute atomic E-state index is 6.09. The van der Waals surface area contributed by atoms with E-state index in [4.69, 9.17) is 9.47 Å². The molecule has 0 N–H and O–H groups in total. The Morgan fingerprint density at radius 1 is 0.500 bits per heavy atom. The van der Waals surface area contributed by atoms with Crippen LogP contribution in [0.5, 0.6) is 0 Å². The molecule has 0 atom stereocenters. The van der Waals surface area contributed by atoms with Gasteiger partial charge in [0, 0.05) is 0 Å². The molecule has 0 amide bonds. The Balaban J connectivity index is 4.86. The fraction of sp³-hybridized carbons (Fsp3) is 0.600. The molecule has 0 aromatic rings. The van der Waals surface area contributed by atoms with Gasteiger partial charge in [0.15, 0.2) is 6.29 Å². The summed E-state index contributed by atoms with van der Waals surface area (Å²) < 4.78 is 12.2. The molecular weight excluding hydrogens is 392 g/mol. The summed E-state index contributed by atoms with van der Waals surface area (Å²) in [5.74, 6) is 0. The lowest BCUT2D eigenvalue weighted by atomic mass is 10.1. The second-order valence-corrected chi connectivity index (χ2v) is 9.61. The molecule has 0 aromatic heterocycles. The zero-order valence-corrected chi connectivity index (χ0v) is 22.5. The first-order valence-corrected chi connectivity index (χ1v) is 12.2. The van der Waals surface area contributed by atoms with Crippen molar-refractivity contribution in [1.82, 2.24) is 0 Å². The summed E-state index contributed by atoms with van der Waals surface area (Å²) in [4.78, 5) is 0. The topological polar surface area (TPSA) is 18.5 Å². The number of hydrogen-bond donors (Lipinski definition) is 0. The van der Waals surface area contributed by atoms with Gasteiger partial charge in [-0.3, -0.25) is 0 Å². The standard InChI is InChI=1S/C30H50O2/c1-24(2)13-10-16-27(7)19-21-31-30(23-29(9)18-12-15-26(5)6)32-22-20-28(8)17-11-14-25(3)4/h13-15,19-20,23,30H,10-12,16-18,21-22H2,1-9H3/b27-19+,28-20+,29-23-. The smallest absolute Gasteiger partial charge is 0.177 e. The van der Waals surface area contributed by atoms with Crippen LogP contribution in [-0.4, -0.2) is 19.5 Å². The zero-order chi connectivity index (χ0) is 24.4. The van der Waals surface area contributed by atoms with Gasteiger partial charge in [0.1, 0.15) is 0 Å². The summed E-state index contributed by atoms with van der Waals surface area (Å²) in [7, 11) is 0. The van der Waals surface area contributed by atoms with Gasteiger partial charge in [-0.1, -0.05) is 63.8 Å². The van der Waals surface area contributed by atoms with Gasteiger partial charge in [-0.2, -0.15) is 0 Å². The highest BCUT2D eigenvalue weighted by Gasteiger charge is 2.06. The maximum Gasteiger partial charge on any atom is 0.177 e. The Morgan fingerprint density at radius 2 is 0.844 bits per heavy atom. The summed E-state index contributed by atoms with van der Waals surface area (Å²) in [5, 5.41) is 0. The van der Waals surface area contributed by atoms with E-state index in [1.165, 1.54) is 33.4 Å². The molecule has 0 aliphatic heterocycles. The van der Waals surface area contributed by atoms with Gasteiger partial charge < -0.3 is 9.47 Å². The van der Waals surface area contributed by atoms with Crippen molar-refractivity contribution in [2.24, 2.45) is 0 Å². The van der Waals surface area contributed by atoms with Gasteiger partial charge >= 0.3 is 0 Å². The molecule has 0 aliphatic carbocycles. The van der Waals surface area contributed by atoms with E-state index in [1.807, 2.05) is 0 Å². The second-order valence-electron chi connectivity index (χ2n) is 9.61. The van der Waals surface area contributed by atoms with Crippen molar-refractivity contribution in [1.29, 1.82) is 0 Å². The van der Waals surface area contributed by atoms with Crippen LogP contribution in [0.15, 0.2) is 69.9 Å². The molecule has 2 nitrogen and oxygen atoms in total. The van der Waals surface area contributed by atoms with Crippen LogP contribution < -0.4 is 0 Å². The molecule has 0 aliphatic rings. The van der Waals surface area contributed by atoms with E-state index in [0.717, 1.165) is 38.5 Å². The number of hydrogen-bond acceptors (Lipinski definition) is 2. The first-order valence-electron chi connectivity index (χ1n) is 12.2. The first-order chi connectivity index (χ1) is 15.1. The molecule has 0 radical (unpaired) electrons. The lowest BCUT2D eigenvalue weighted by Gasteiger charge is -2.15. The van der Waals surface area contributed by atoms with Gasteiger partial charge in [0.2, 0.25) is 0 Å². The van der Waals surface area contributed by atoms with Gasteiger partial charge in [-0.15, -0.1) is 0 Å². The summed E-state index contributed by atoms with van der Waals surface area (Å²) in [6.07, 6.45) is 19.5. The van der Waals surface area contributed by atoms with Crippen molar-refractivity contribution < 1.29 is 9.47 Å². The van der Waals surface area contributed by atoms with E-state index in [9.17, 15) is 0 Å². The van der Waals surface area contributed by atoms with Crippen LogP contribution in [-0.2, 0) is 9.47 Å². The van der Waals surface area contributed by atoms with Gasteiger partial charge in [0.25, 0.3) is 0 Å². The highest BCUT2D eigenvalue weighted by atomic mass is 16.7. The summed E-state index contributed by atoms with van der Waals surface area (Å²) in [5.41, 5.74) is 8.15. The zero-order valence-electron chi connectivity index (χ0n) is 22.5. The monoisotopic (exact) mass is 442 g/mol. The molecule has 0 fully saturated rings. The van der Waals surface area contributed by atoms with E-state index in [-0.39, 0.29) is 6.29 Å². The van der Waals surface area contributed by atoms with Crippen LogP contribution in [0.1, 0.15) is 101 Å². The molecule has 0 saturated heterocycles. The highest BCUT2D eigenvalue weighted by molar-refractivity contribution is 5.06. The van der Waals surface area contributed by atoms with Crippen molar-refractivity contribution in [2.75, 3.05) is 13.2 Å². The maximum atomic E-state index is 6.09. The van der Waals surface area contributed by atoms with E-state index in [0.29, 0.717) is 13.2 Å². The summed E-state index contributed by atoms with van der Waals surface area (Å²) in [6.45, 7) is 20.6. The van der Waals surface area contributed by atoms with E-state index < -0.39 is 0 Å². The number of rotatable bonds is 16. The molecule has 0 aromatic carbocycles. The average Bonchev–Trinajstić information content (AvgIpc) is 2.66. The van der Waals surface area contributed by atoms with E-state index in [1.54, 1.807) is 0 Å². The van der Waals surface area contributed by atoms with Crippen molar-refractivity contribution >= 4 is 0 Å². The Hall–Kier alpha value is -1.64. The number of allylic oxidation sites excluding steroid dienone is 9. The molecule has 0 spiro atoms. The van der Waals surface area contributed by atoms with Crippen LogP contribution in [0.2, 0.25) is 0 Å². The highest BCUT2D eigenvalue weighted by Crippen LogP contribution is 2.13. The lowest BCUT2D eigenvalue weighted by Crippen LogP contribution is -2.16. The lowest BCUT2D eigenvalue weighted by molar-refractivity contribution is -0.0943. The molecule has 0 unspecified atom stereocenters. The van der Waals surface area contributed by atoms with E-state index >= 15 is 0 Å². The van der Waals surface area contributed by atoms with Gasteiger partial charge in [-0.25, -0.2) is 0 Å². The Labute approximate surface area is 199 Å². The SMILES string of the molecule is CC(C)=CCC/C(C)=C\C(OC/C=C(\C)CCC=C(C)C)OC/C=C(\C)CCC=C(C)C. The van der Waals surface area contributed by atoms with Gasteiger partial charge in [0.05, 0.1) is 13.2 Å². The van der Waals surface area contributed by atoms with Crippen molar-refractivity contribution in [3.05, 3.63) is 69.9 Å². The second kappa shape index (κ2) is 18.9. The van der Waals surface area contributed by atoms with E-state index in [2.05, 4.69) is 98.8 Å². The predicted molar refractivity (Wildman–Crippen MR) is 143 cm³/mol. The minimum atomic E-state index is -0.314. The quantitative estimate of drug-likeness (QED) is 0.175. The van der Waals surface area contributed by atoms with Crippen molar-refractivity contribution in [2.45, 2.75) is 107 Å². The largest absolute Gasteiger partial charge is 0.345 e. The fourth-order valence-electron chi connectivity index (χ4n) is 3.00. The normalized spacial score (nSPS) is 12.8. The third kappa shape index (κ3) is 20.3. The molecule has 32 heavy (non-hydrogen) atoms. The summed E-state index contributed by atoms with van der Waals surface area (Å²) >= 11 is 0. The minimum absolute atomic E-state index is 0.314. The van der Waals surface area contributed by atoms with Crippen LogP contribution in [0.25, 0.3) is 0 Å². The Bertz CT molecular complexity index is 644. The average molecular weight is 443 g/mol. The Kier molecular flexibility index (Phi) is 17.9. The van der Waals surface area contributed by atoms with Gasteiger partial charge in [-0.05, 0) is 107 Å². The van der Waals surface area contributed by atoms with Crippen LogP contribution in [0, 0.1) is 0 Å². The summed E-state index contributed by atoms with van der Waals surface area (Å²) in [6, 6.07) is 0. The third-order valence-electron chi connectivity index (χ3n) is 5.08. The molecule has 0 rings (SSSR count). The fourth-order valence-corrected chi connectivity index (χ4v) is 3.00. The molecule has 182 valence electrons. The van der Waals surface area contributed by atoms with Crippen molar-refractivity contribution in [3.63, 3.8) is 0 Å². The molecular formula is C30H50O2. The third-order valence-corrected chi connectivity index (χ3v) is 5.08. The molecule has 2 heteroatoms. The molecule has 0 saturated carbocycles. The van der Waals surface area contributed by atoms with Crippen LogP contribution >= 0.6 is 0 Å². The van der Waals surface area contributed by atoms with Crippen LogP contribution in [0.4, 0.5) is 0 Å². The minimum Gasteiger partial charge on any atom is -0.345 e.